The number of imidazole rings is 1. The van der Waals surface area contributed by atoms with Crippen LogP contribution >= 0.6 is 0 Å². The maximum atomic E-state index is 4.41. The summed E-state index contributed by atoms with van der Waals surface area (Å²) in [6.45, 7) is 3.95. The molecule has 0 amide bonds. The van der Waals surface area contributed by atoms with E-state index in [-0.39, 0.29) is 0 Å². The number of H-pyrrole nitrogens is 1. The molecular weight excluding hydrogens is 162 g/mol. The van der Waals surface area contributed by atoms with Crippen molar-refractivity contribution in [2.45, 2.75) is 20.0 Å². The van der Waals surface area contributed by atoms with Crippen molar-refractivity contribution in [2.24, 2.45) is 0 Å². The normalized spacial score (nSPS) is 15.2. The van der Waals surface area contributed by atoms with Gasteiger partial charge < -0.3 is 10.3 Å². The first-order valence-electron chi connectivity index (χ1n) is 4.52. The monoisotopic (exact) mass is 173 g/mol. The summed E-state index contributed by atoms with van der Waals surface area (Å²) in [5, 5.41) is 3.34. The topological polar surface area (TPSA) is 40.7 Å². The van der Waals surface area contributed by atoms with Gasteiger partial charge in [0, 0.05) is 13.1 Å². The number of aromatic nitrogens is 2. The molecule has 0 fully saturated rings. The van der Waals surface area contributed by atoms with Crippen molar-refractivity contribution in [3.63, 3.8) is 0 Å². The lowest BCUT2D eigenvalue weighted by molar-refractivity contribution is 0.765. The average molecular weight is 173 g/mol. The summed E-state index contributed by atoms with van der Waals surface area (Å²) >= 11 is 0. The van der Waals surface area contributed by atoms with Crippen LogP contribution in [0, 0.1) is 6.92 Å². The molecule has 0 radical (unpaired) electrons. The highest BCUT2D eigenvalue weighted by Gasteiger charge is 2.14. The molecule has 0 saturated carbocycles. The van der Waals surface area contributed by atoms with Crippen molar-refractivity contribution in [2.75, 3.05) is 0 Å². The number of aryl methyl sites for hydroxylation is 1. The Kier molecular flexibility index (Phi) is 1.27. The smallest absolute Gasteiger partial charge is 0.104 e. The molecule has 0 unspecified atom stereocenters. The molecular formula is C10H11N3. The van der Waals surface area contributed by atoms with Crippen LogP contribution in [0.3, 0.4) is 0 Å². The fourth-order valence-corrected chi connectivity index (χ4v) is 1.99. The number of rotatable bonds is 0. The van der Waals surface area contributed by atoms with E-state index in [0.717, 1.165) is 24.4 Å². The van der Waals surface area contributed by atoms with Crippen LogP contribution in [-0.2, 0) is 13.1 Å². The van der Waals surface area contributed by atoms with Gasteiger partial charge in [-0.05, 0) is 24.1 Å². The van der Waals surface area contributed by atoms with E-state index in [0.29, 0.717) is 0 Å². The van der Waals surface area contributed by atoms with E-state index < -0.39 is 0 Å². The lowest BCUT2D eigenvalue weighted by Gasteiger charge is -1.97. The standard InChI is InChI=1S/C10H11N3/c1-6-12-9-3-2-7-4-11-5-8(7)10(9)13-6/h2-3,11H,4-5H2,1H3,(H,12,13). The van der Waals surface area contributed by atoms with Crippen molar-refractivity contribution < 1.29 is 0 Å². The molecule has 0 spiro atoms. The Hall–Kier alpha value is -1.35. The molecule has 1 aromatic carbocycles. The van der Waals surface area contributed by atoms with Gasteiger partial charge in [-0.2, -0.15) is 0 Å². The van der Waals surface area contributed by atoms with Gasteiger partial charge in [0.1, 0.15) is 5.82 Å². The quantitative estimate of drug-likeness (QED) is 0.633. The summed E-state index contributed by atoms with van der Waals surface area (Å²) < 4.78 is 0. The number of nitrogens with zero attached hydrogens (tertiary/aromatic N) is 1. The van der Waals surface area contributed by atoms with E-state index in [1.54, 1.807) is 0 Å². The van der Waals surface area contributed by atoms with Crippen molar-refractivity contribution in [3.05, 3.63) is 29.1 Å². The fraction of sp³-hybridized carbons (Fsp3) is 0.300. The third-order valence-corrected chi connectivity index (χ3v) is 2.60. The molecule has 1 aromatic heterocycles. The van der Waals surface area contributed by atoms with Crippen molar-refractivity contribution in [1.82, 2.24) is 15.3 Å². The Bertz CT molecular complexity index is 470. The lowest BCUT2D eigenvalue weighted by atomic mass is 10.1. The zero-order chi connectivity index (χ0) is 8.84. The van der Waals surface area contributed by atoms with Gasteiger partial charge in [0.25, 0.3) is 0 Å². The molecule has 3 rings (SSSR count). The molecule has 2 N–H and O–H groups in total. The highest BCUT2D eigenvalue weighted by Crippen LogP contribution is 2.23. The molecule has 0 atom stereocenters. The van der Waals surface area contributed by atoms with Gasteiger partial charge in [-0.15, -0.1) is 0 Å². The van der Waals surface area contributed by atoms with E-state index >= 15 is 0 Å². The Morgan fingerprint density at radius 2 is 2.23 bits per heavy atom. The highest BCUT2D eigenvalue weighted by molar-refractivity contribution is 5.80. The van der Waals surface area contributed by atoms with Crippen molar-refractivity contribution in [3.8, 4) is 0 Å². The predicted octanol–water partition coefficient (Wildman–Crippen LogP) is 1.47. The van der Waals surface area contributed by atoms with E-state index in [1.165, 1.54) is 16.6 Å². The van der Waals surface area contributed by atoms with E-state index in [4.69, 9.17) is 0 Å². The van der Waals surface area contributed by atoms with Gasteiger partial charge in [0.2, 0.25) is 0 Å². The number of hydrogen-bond donors (Lipinski definition) is 2. The maximum absolute atomic E-state index is 4.41. The Morgan fingerprint density at radius 3 is 3.15 bits per heavy atom. The summed E-state index contributed by atoms with van der Waals surface area (Å²) in [5.74, 6) is 0.996. The molecule has 3 heteroatoms. The second-order valence-corrected chi connectivity index (χ2v) is 3.52. The Labute approximate surface area is 76.2 Å². The molecule has 13 heavy (non-hydrogen) atoms. The zero-order valence-electron chi connectivity index (χ0n) is 7.52. The summed E-state index contributed by atoms with van der Waals surface area (Å²) in [6, 6.07) is 4.25. The number of hydrogen-bond acceptors (Lipinski definition) is 2. The van der Waals surface area contributed by atoms with E-state index in [9.17, 15) is 0 Å². The fourth-order valence-electron chi connectivity index (χ4n) is 1.99. The van der Waals surface area contributed by atoms with Gasteiger partial charge in [-0.1, -0.05) is 6.07 Å². The molecule has 0 saturated heterocycles. The van der Waals surface area contributed by atoms with Gasteiger partial charge in [0.15, 0.2) is 0 Å². The molecule has 2 heterocycles. The summed E-state index contributed by atoms with van der Waals surface area (Å²) in [7, 11) is 0. The van der Waals surface area contributed by atoms with Crippen LogP contribution < -0.4 is 5.32 Å². The van der Waals surface area contributed by atoms with Gasteiger partial charge >= 0.3 is 0 Å². The first-order valence-corrected chi connectivity index (χ1v) is 4.52. The first-order chi connectivity index (χ1) is 6.34. The first kappa shape index (κ1) is 7.09. The minimum Gasteiger partial charge on any atom is -0.342 e. The molecule has 2 aromatic rings. The van der Waals surface area contributed by atoms with Crippen molar-refractivity contribution in [1.29, 1.82) is 0 Å². The molecule has 66 valence electrons. The Balaban J connectivity index is 2.42. The highest BCUT2D eigenvalue weighted by atomic mass is 14.9. The number of benzene rings is 1. The number of nitrogens with one attached hydrogen (secondary N) is 2. The van der Waals surface area contributed by atoms with Crippen LogP contribution in [0.2, 0.25) is 0 Å². The zero-order valence-corrected chi connectivity index (χ0v) is 7.52. The van der Waals surface area contributed by atoms with Crippen LogP contribution in [0.5, 0.6) is 0 Å². The van der Waals surface area contributed by atoms with Crippen molar-refractivity contribution >= 4 is 11.0 Å². The van der Waals surface area contributed by atoms with Crippen LogP contribution in [0.1, 0.15) is 17.0 Å². The van der Waals surface area contributed by atoms with E-state index in [1.807, 2.05) is 6.92 Å². The average Bonchev–Trinajstić information content (AvgIpc) is 2.65. The summed E-state index contributed by atoms with van der Waals surface area (Å²) in [5.41, 5.74) is 5.08. The molecule has 0 bridgehead atoms. The lowest BCUT2D eigenvalue weighted by Crippen LogP contribution is -2.00. The Morgan fingerprint density at radius 1 is 1.31 bits per heavy atom. The molecule has 1 aliphatic rings. The van der Waals surface area contributed by atoms with Crippen LogP contribution in [0.4, 0.5) is 0 Å². The minimum absolute atomic E-state index is 0.967. The number of aromatic amines is 1. The largest absolute Gasteiger partial charge is 0.342 e. The molecule has 1 aliphatic heterocycles. The van der Waals surface area contributed by atoms with Crippen LogP contribution in [0.25, 0.3) is 11.0 Å². The van der Waals surface area contributed by atoms with E-state index in [2.05, 4.69) is 27.4 Å². The second kappa shape index (κ2) is 2.33. The maximum Gasteiger partial charge on any atom is 0.104 e. The van der Waals surface area contributed by atoms with Gasteiger partial charge in [-0.25, -0.2) is 4.98 Å². The number of fused-ring (bicyclic) bond motifs is 3. The minimum atomic E-state index is 0.967. The molecule has 0 aliphatic carbocycles. The predicted molar refractivity (Wildman–Crippen MR) is 51.4 cm³/mol. The summed E-state index contributed by atoms with van der Waals surface area (Å²) in [6.07, 6.45) is 0. The third kappa shape index (κ3) is 0.906. The molecule has 3 nitrogen and oxygen atoms in total. The van der Waals surface area contributed by atoms with Gasteiger partial charge in [0.05, 0.1) is 11.0 Å². The van der Waals surface area contributed by atoms with Gasteiger partial charge in [-0.3, -0.25) is 0 Å². The SMILES string of the molecule is Cc1nc2ccc3c(c2[nH]1)CNC3. The van der Waals surface area contributed by atoms with Crippen LogP contribution in [-0.4, -0.2) is 9.97 Å². The van der Waals surface area contributed by atoms with Crippen LogP contribution in [0.15, 0.2) is 12.1 Å². The summed E-state index contributed by atoms with van der Waals surface area (Å²) in [4.78, 5) is 7.72. The second-order valence-electron chi connectivity index (χ2n) is 3.52. The third-order valence-electron chi connectivity index (χ3n) is 2.60.